The molecule has 1 aliphatic heterocycles. The number of amides is 4. The Labute approximate surface area is 127 Å². The minimum atomic E-state index is -0.953. The van der Waals surface area contributed by atoms with Crippen LogP contribution in [0.3, 0.4) is 0 Å². The Morgan fingerprint density at radius 1 is 1.36 bits per heavy atom. The molecule has 1 atom stereocenters. The van der Waals surface area contributed by atoms with Crippen molar-refractivity contribution in [3.8, 4) is 6.07 Å². The third kappa shape index (κ3) is 2.91. The van der Waals surface area contributed by atoms with Crippen LogP contribution in [-0.4, -0.2) is 34.8 Å². The van der Waals surface area contributed by atoms with E-state index in [0.717, 1.165) is 4.90 Å². The number of urea groups is 1. The van der Waals surface area contributed by atoms with Crippen molar-refractivity contribution in [3.05, 3.63) is 29.8 Å². The minimum absolute atomic E-state index is 0.347. The molecule has 1 aliphatic rings. The maximum atomic E-state index is 12.2. The number of nitrogens with one attached hydrogen (secondary N) is 2. The number of carbonyl (C=O) groups excluding carboxylic acids is 3. The van der Waals surface area contributed by atoms with Crippen LogP contribution in [0.5, 0.6) is 0 Å². The highest BCUT2D eigenvalue weighted by molar-refractivity contribution is 6.09. The topological polar surface area (TPSA) is 102 Å². The monoisotopic (exact) mass is 300 g/mol. The average Bonchev–Trinajstić information content (AvgIpc) is 2.72. The van der Waals surface area contributed by atoms with E-state index in [9.17, 15) is 14.4 Å². The molecule has 0 bridgehead atoms. The molecule has 1 heterocycles. The summed E-state index contributed by atoms with van der Waals surface area (Å²) in [6.45, 7) is 3.07. The SMILES string of the molecule is CCC1(C)NC(=O)N(CC(=O)Nc2ccc(C#N)cc2)C1=O. The second-order valence-electron chi connectivity index (χ2n) is 5.24. The maximum Gasteiger partial charge on any atom is 0.325 e. The van der Waals surface area contributed by atoms with Crippen LogP contribution in [0.4, 0.5) is 10.5 Å². The predicted molar refractivity (Wildman–Crippen MR) is 78.7 cm³/mol. The van der Waals surface area contributed by atoms with E-state index in [1.165, 1.54) is 0 Å². The zero-order valence-electron chi connectivity index (χ0n) is 12.3. The molecule has 1 fully saturated rings. The van der Waals surface area contributed by atoms with Crippen LogP contribution in [0, 0.1) is 11.3 Å². The summed E-state index contributed by atoms with van der Waals surface area (Å²) in [6, 6.07) is 7.71. The fourth-order valence-electron chi connectivity index (χ4n) is 2.10. The van der Waals surface area contributed by atoms with Gasteiger partial charge in [-0.2, -0.15) is 5.26 Å². The molecule has 7 heteroatoms. The summed E-state index contributed by atoms with van der Waals surface area (Å²) in [6.07, 6.45) is 0.450. The highest BCUT2D eigenvalue weighted by Gasteiger charge is 2.46. The molecule has 0 radical (unpaired) electrons. The lowest BCUT2D eigenvalue weighted by molar-refractivity contribution is -0.133. The zero-order valence-corrected chi connectivity index (χ0v) is 12.3. The molecular weight excluding hydrogens is 284 g/mol. The van der Waals surface area contributed by atoms with Gasteiger partial charge in [0.25, 0.3) is 5.91 Å². The third-order valence-corrected chi connectivity index (χ3v) is 3.65. The maximum absolute atomic E-state index is 12.2. The molecule has 0 saturated carbocycles. The van der Waals surface area contributed by atoms with Gasteiger partial charge in [-0.3, -0.25) is 14.5 Å². The molecule has 22 heavy (non-hydrogen) atoms. The second kappa shape index (κ2) is 5.85. The summed E-state index contributed by atoms with van der Waals surface area (Å²) < 4.78 is 0. The summed E-state index contributed by atoms with van der Waals surface area (Å²) in [7, 11) is 0. The van der Waals surface area contributed by atoms with Crippen molar-refractivity contribution in [2.75, 3.05) is 11.9 Å². The van der Waals surface area contributed by atoms with Crippen molar-refractivity contribution in [1.82, 2.24) is 10.2 Å². The smallest absolute Gasteiger partial charge is 0.325 e. The fraction of sp³-hybridized carbons (Fsp3) is 0.333. The van der Waals surface area contributed by atoms with Gasteiger partial charge in [0.05, 0.1) is 11.6 Å². The van der Waals surface area contributed by atoms with Crippen LogP contribution in [0.15, 0.2) is 24.3 Å². The molecular formula is C15H16N4O3. The molecule has 7 nitrogen and oxygen atoms in total. The number of hydrogen-bond donors (Lipinski definition) is 2. The molecule has 2 rings (SSSR count). The van der Waals surface area contributed by atoms with Crippen molar-refractivity contribution in [1.29, 1.82) is 5.26 Å². The number of hydrogen-bond acceptors (Lipinski definition) is 4. The van der Waals surface area contributed by atoms with E-state index < -0.39 is 23.4 Å². The van der Waals surface area contributed by atoms with E-state index >= 15 is 0 Å². The highest BCUT2D eigenvalue weighted by atomic mass is 16.2. The summed E-state index contributed by atoms with van der Waals surface area (Å²) in [4.78, 5) is 36.8. The number of carbonyl (C=O) groups is 3. The Hall–Kier alpha value is -2.88. The van der Waals surface area contributed by atoms with E-state index in [-0.39, 0.29) is 6.54 Å². The normalized spacial score (nSPS) is 20.5. The first-order valence-corrected chi connectivity index (χ1v) is 6.84. The summed E-state index contributed by atoms with van der Waals surface area (Å²) in [5.41, 5.74) is 0.0198. The zero-order chi connectivity index (χ0) is 16.3. The Morgan fingerprint density at radius 2 is 2.00 bits per heavy atom. The standard InChI is InChI=1S/C15H16N4O3/c1-3-15(2)13(21)19(14(22)18-15)9-12(20)17-11-6-4-10(8-16)5-7-11/h4-7H,3,9H2,1-2H3,(H,17,20)(H,18,22). The molecule has 0 spiro atoms. The van der Waals surface area contributed by atoms with Gasteiger partial charge in [0.1, 0.15) is 12.1 Å². The lowest BCUT2D eigenvalue weighted by atomic mass is 9.99. The number of imide groups is 1. The summed E-state index contributed by atoms with van der Waals surface area (Å²) >= 11 is 0. The van der Waals surface area contributed by atoms with E-state index in [1.807, 2.05) is 6.07 Å². The number of anilines is 1. The lowest BCUT2D eigenvalue weighted by Gasteiger charge is -2.19. The van der Waals surface area contributed by atoms with Crippen LogP contribution in [0.2, 0.25) is 0 Å². The van der Waals surface area contributed by atoms with E-state index in [0.29, 0.717) is 17.7 Å². The highest BCUT2D eigenvalue weighted by Crippen LogP contribution is 2.20. The second-order valence-corrected chi connectivity index (χ2v) is 5.24. The third-order valence-electron chi connectivity index (χ3n) is 3.65. The van der Waals surface area contributed by atoms with Crippen LogP contribution in [-0.2, 0) is 9.59 Å². The average molecular weight is 300 g/mol. The van der Waals surface area contributed by atoms with Gasteiger partial charge in [0.15, 0.2) is 0 Å². The van der Waals surface area contributed by atoms with Gasteiger partial charge in [0.2, 0.25) is 5.91 Å². The van der Waals surface area contributed by atoms with E-state index in [1.54, 1.807) is 38.1 Å². The molecule has 4 amide bonds. The molecule has 1 saturated heterocycles. The van der Waals surface area contributed by atoms with Crippen molar-refractivity contribution in [2.45, 2.75) is 25.8 Å². The van der Waals surface area contributed by atoms with Crippen LogP contribution >= 0.6 is 0 Å². The molecule has 1 unspecified atom stereocenters. The summed E-state index contributed by atoms with van der Waals surface area (Å²) in [5, 5.41) is 13.9. The first-order valence-electron chi connectivity index (χ1n) is 6.84. The van der Waals surface area contributed by atoms with Crippen molar-refractivity contribution < 1.29 is 14.4 Å². The predicted octanol–water partition coefficient (Wildman–Crippen LogP) is 1.22. The Balaban J connectivity index is 2.01. The Kier molecular flexibility index (Phi) is 4.13. The van der Waals surface area contributed by atoms with Gasteiger partial charge < -0.3 is 10.6 Å². The van der Waals surface area contributed by atoms with Crippen molar-refractivity contribution in [3.63, 3.8) is 0 Å². The Morgan fingerprint density at radius 3 is 2.50 bits per heavy atom. The lowest BCUT2D eigenvalue weighted by Crippen LogP contribution is -2.44. The van der Waals surface area contributed by atoms with Crippen molar-refractivity contribution >= 4 is 23.5 Å². The molecule has 1 aromatic carbocycles. The van der Waals surface area contributed by atoms with Gasteiger partial charge in [0, 0.05) is 5.69 Å². The number of nitrogens with zero attached hydrogens (tertiary/aromatic N) is 2. The number of rotatable bonds is 4. The fourth-order valence-corrected chi connectivity index (χ4v) is 2.10. The molecule has 1 aromatic rings. The van der Waals surface area contributed by atoms with Gasteiger partial charge in [-0.25, -0.2) is 4.79 Å². The largest absolute Gasteiger partial charge is 0.325 e. The van der Waals surface area contributed by atoms with Crippen molar-refractivity contribution in [2.24, 2.45) is 0 Å². The number of benzene rings is 1. The quantitative estimate of drug-likeness (QED) is 0.816. The molecule has 114 valence electrons. The van der Waals surface area contributed by atoms with Crippen LogP contribution in [0.25, 0.3) is 0 Å². The van der Waals surface area contributed by atoms with Gasteiger partial charge >= 0.3 is 6.03 Å². The van der Waals surface area contributed by atoms with Crippen LogP contribution in [0.1, 0.15) is 25.8 Å². The van der Waals surface area contributed by atoms with E-state index in [4.69, 9.17) is 5.26 Å². The first-order chi connectivity index (χ1) is 10.4. The van der Waals surface area contributed by atoms with Gasteiger partial charge in [-0.15, -0.1) is 0 Å². The molecule has 2 N–H and O–H groups in total. The molecule has 0 aliphatic carbocycles. The minimum Gasteiger partial charge on any atom is -0.325 e. The summed E-state index contributed by atoms with van der Waals surface area (Å²) in [5.74, 6) is -0.886. The van der Waals surface area contributed by atoms with Crippen LogP contribution < -0.4 is 10.6 Å². The Bertz CT molecular complexity index is 662. The van der Waals surface area contributed by atoms with Gasteiger partial charge in [-0.1, -0.05) is 6.92 Å². The molecule has 0 aromatic heterocycles. The van der Waals surface area contributed by atoms with Gasteiger partial charge in [-0.05, 0) is 37.6 Å². The first kappa shape index (κ1) is 15.5. The number of nitriles is 1. The van der Waals surface area contributed by atoms with E-state index in [2.05, 4.69) is 10.6 Å².